The molecule has 0 fully saturated rings. The van der Waals surface area contributed by atoms with Crippen LogP contribution in [0.1, 0.15) is 31.2 Å². The van der Waals surface area contributed by atoms with Crippen molar-refractivity contribution >= 4 is 51.9 Å². The smallest absolute Gasteiger partial charge is 0.265 e. The molecular formula is C22H15Cl2N3O2S. The number of nitrogens with zero attached hydrogens (tertiary/aromatic N) is 2. The van der Waals surface area contributed by atoms with Crippen LogP contribution in [0.2, 0.25) is 10.0 Å². The van der Waals surface area contributed by atoms with Crippen LogP contribution in [0.25, 0.3) is 0 Å². The predicted molar refractivity (Wildman–Crippen MR) is 120 cm³/mol. The molecule has 4 rings (SSSR count). The first-order valence-corrected chi connectivity index (χ1v) is 10.6. The van der Waals surface area contributed by atoms with Gasteiger partial charge in [0.1, 0.15) is 0 Å². The van der Waals surface area contributed by atoms with Gasteiger partial charge < -0.3 is 5.32 Å². The van der Waals surface area contributed by atoms with Crippen molar-refractivity contribution in [2.75, 3.05) is 5.32 Å². The summed E-state index contributed by atoms with van der Waals surface area (Å²) in [5.74, 6) is -0.509. The van der Waals surface area contributed by atoms with E-state index < -0.39 is 0 Å². The van der Waals surface area contributed by atoms with Crippen LogP contribution in [0.5, 0.6) is 0 Å². The fourth-order valence-electron chi connectivity index (χ4n) is 2.93. The number of hydrogen-bond donors (Lipinski definition) is 1. The molecule has 0 atom stereocenters. The lowest BCUT2D eigenvalue weighted by molar-refractivity contribution is 0.103. The molecule has 0 saturated heterocycles. The van der Waals surface area contributed by atoms with Crippen LogP contribution >= 0.6 is 34.5 Å². The van der Waals surface area contributed by atoms with Crippen molar-refractivity contribution < 1.29 is 9.59 Å². The number of rotatable bonds is 6. The molecule has 150 valence electrons. The van der Waals surface area contributed by atoms with Gasteiger partial charge in [-0.05, 0) is 35.2 Å². The molecule has 0 radical (unpaired) electrons. The number of aromatic nitrogens is 2. The molecular weight excluding hydrogens is 441 g/mol. The van der Waals surface area contributed by atoms with Gasteiger partial charge in [0.2, 0.25) is 0 Å². The minimum absolute atomic E-state index is 0.212. The number of amides is 1. The number of benzene rings is 2. The zero-order valence-electron chi connectivity index (χ0n) is 15.5. The van der Waals surface area contributed by atoms with E-state index in [0.717, 1.165) is 5.56 Å². The van der Waals surface area contributed by atoms with Gasteiger partial charge in [0.15, 0.2) is 5.78 Å². The summed E-state index contributed by atoms with van der Waals surface area (Å²) in [5.41, 5.74) is 2.20. The Morgan fingerprint density at radius 3 is 2.57 bits per heavy atom. The van der Waals surface area contributed by atoms with Gasteiger partial charge in [0.25, 0.3) is 5.91 Å². The molecule has 30 heavy (non-hydrogen) atoms. The van der Waals surface area contributed by atoms with Crippen molar-refractivity contribution in [3.05, 3.63) is 104 Å². The lowest BCUT2D eigenvalue weighted by Crippen LogP contribution is -2.14. The van der Waals surface area contributed by atoms with Crippen LogP contribution in [-0.4, -0.2) is 21.5 Å². The Balaban J connectivity index is 1.54. The van der Waals surface area contributed by atoms with Gasteiger partial charge >= 0.3 is 0 Å². The Bertz CT molecular complexity index is 1220. The molecule has 8 heteroatoms. The van der Waals surface area contributed by atoms with E-state index in [4.69, 9.17) is 23.2 Å². The fraction of sp³-hybridized carbons (Fsp3) is 0.0455. The Morgan fingerprint density at radius 2 is 1.83 bits per heavy atom. The number of halogens is 2. The molecule has 0 unspecified atom stereocenters. The summed E-state index contributed by atoms with van der Waals surface area (Å²) >= 11 is 13.3. The minimum Gasteiger partial charge on any atom is -0.321 e. The molecule has 0 aliphatic carbocycles. The first-order chi connectivity index (χ1) is 14.5. The van der Waals surface area contributed by atoms with Crippen molar-refractivity contribution in [1.82, 2.24) is 9.78 Å². The third kappa shape index (κ3) is 4.62. The lowest BCUT2D eigenvalue weighted by Gasteiger charge is -2.10. The number of carbonyl (C=O) groups is 2. The molecule has 1 N–H and O–H groups in total. The van der Waals surface area contributed by atoms with Gasteiger partial charge in [-0.25, -0.2) is 0 Å². The quantitative estimate of drug-likeness (QED) is 0.374. The van der Waals surface area contributed by atoms with E-state index in [-0.39, 0.29) is 11.7 Å². The molecule has 4 aromatic rings. The zero-order chi connectivity index (χ0) is 21.1. The van der Waals surface area contributed by atoms with E-state index >= 15 is 0 Å². The van der Waals surface area contributed by atoms with Crippen LogP contribution in [0.15, 0.2) is 72.4 Å². The first-order valence-electron chi connectivity index (χ1n) is 8.95. The van der Waals surface area contributed by atoms with E-state index in [1.807, 2.05) is 11.4 Å². The monoisotopic (exact) mass is 455 g/mol. The van der Waals surface area contributed by atoms with Gasteiger partial charge in [-0.15, -0.1) is 11.3 Å². The van der Waals surface area contributed by atoms with E-state index in [0.29, 0.717) is 38.3 Å². The Morgan fingerprint density at radius 1 is 1.03 bits per heavy atom. The number of carbonyl (C=O) groups excluding carboxylic acids is 2. The molecule has 0 spiro atoms. The number of anilines is 1. The fourth-order valence-corrected chi connectivity index (χ4v) is 4.06. The Hall–Kier alpha value is -2.93. The predicted octanol–water partition coefficient (Wildman–Crippen LogP) is 5.78. The molecule has 0 bridgehead atoms. The second kappa shape index (κ2) is 8.83. The summed E-state index contributed by atoms with van der Waals surface area (Å²) < 4.78 is 1.70. The summed E-state index contributed by atoms with van der Waals surface area (Å²) in [4.78, 5) is 26.2. The van der Waals surface area contributed by atoms with Crippen molar-refractivity contribution in [3.8, 4) is 0 Å². The van der Waals surface area contributed by atoms with Crippen LogP contribution in [-0.2, 0) is 6.54 Å². The van der Waals surface area contributed by atoms with E-state index in [2.05, 4.69) is 10.4 Å². The average molecular weight is 456 g/mol. The van der Waals surface area contributed by atoms with Crippen molar-refractivity contribution in [1.29, 1.82) is 0 Å². The normalized spacial score (nSPS) is 10.7. The van der Waals surface area contributed by atoms with E-state index in [1.54, 1.807) is 65.6 Å². The highest BCUT2D eigenvalue weighted by Crippen LogP contribution is 2.25. The number of ketones is 1. The average Bonchev–Trinajstić information content (AvgIpc) is 3.38. The molecule has 0 saturated carbocycles. The van der Waals surface area contributed by atoms with Gasteiger partial charge in [-0.1, -0.05) is 53.5 Å². The lowest BCUT2D eigenvalue weighted by atomic mass is 10.0. The molecule has 2 heterocycles. The van der Waals surface area contributed by atoms with E-state index in [1.165, 1.54) is 11.3 Å². The van der Waals surface area contributed by atoms with Crippen LogP contribution in [0.4, 0.5) is 5.69 Å². The molecule has 2 aromatic heterocycles. The summed E-state index contributed by atoms with van der Waals surface area (Å²) in [7, 11) is 0. The molecule has 2 aromatic carbocycles. The van der Waals surface area contributed by atoms with Crippen molar-refractivity contribution in [2.45, 2.75) is 6.54 Å². The zero-order valence-corrected chi connectivity index (χ0v) is 17.8. The van der Waals surface area contributed by atoms with Gasteiger partial charge in [-0.3, -0.25) is 14.3 Å². The molecule has 0 aliphatic heterocycles. The second-order valence-electron chi connectivity index (χ2n) is 6.51. The molecule has 5 nitrogen and oxygen atoms in total. The second-order valence-corrected chi connectivity index (χ2v) is 8.30. The summed E-state index contributed by atoms with van der Waals surface area (Å²) in [5, 5.41) is 9.84. The van der Waals surface area contributed by atoms with Crippen molar-refractivity contribution in [2.24, 2.45) is 0 Å². The molecule has 1 amide bonds. The Labute approximate surface area is 186 Å². The van der Waals surface area contributed by atoms with Gasteiger partial charge in [0, 0.05) is 22.3 Å². The van der Waals surface area contributed by atoms with Crippen molar-refractivity contribution in [3.63, 3.8) is 0 Å². The topological polar surface area (TPSA) is 64.0 Å². The number of thiophene rings is 1. The van der Waals surface area contributed by atoms with Crippen LogP contribution in [0.3, 0.4) is 0 Å². The van der Waals surface area contributed by atoms with Crippen LogP contribution in [0, 0.1) is 0 Å². The van der Waals surface area contributed by atoms with Crippen LogP contribution < -0.4 is 5.32 Å². The highest BCUT2D eigenvalue weighted by Gasteiger charge is 2.17. The third-order valence-corrected chi connectivity index (χ3v) is 5.74. The largest absolute Gasteiger partial charge is 0.321 e. The molecule has 0 aliphatic rings. The third-order valence-electron chi connectivity index (χ3n) is 4.33. The maximum atomic E-state index is 12.9. The summed E-state index contributed by atoms with van der Waals surface area (Å²) in [6, 6.07) is 15.5. The highest BCUT2D eigenvalue weighted by atomic mass is 35.5. The summed E-state index contributed by atoms with van der Waals surface area (Å²) in [6.45, 7) is 0.509. The van der Waals surface area contributed by atoms with E-state index in [9.17, 15) is 9.59 Å². The Kier molecular flexibility index (Phi) is 5.99. The SMILES string of the molecule is O=C(Nc1ccc(Cl)cc1C(=O)c1ccccc1)c1cc(Cn2cc(Cl)cn2)cs1. The highest BCUT2D eigenvalue weighted by molar-refractivity contribution is 7.12. The summed E-state index contributed by atoms with van der Waals surface area (Å²) in [6.07, 6.45) is 3.28. The first kappa shape index (κ1) is 20.3. The number of hydrogen-bond acceptors (Lipinski definition) is 4. The van der Waals surface area contributed by atoms with Gasteiger partial charge in [-0.2, -0.15) is 5.10 Å². The standard InChI is InChI=1S/C22H15Cl2N3O2S/c23-16-6-7-19(18(9-16)21(28)15-4-2-1-3-5-15)26-22(29)20-8-14(13-30-20)11-27-12-17(24)10-25-27/h1-10,12-13H,11H2,(H,26,29). The minimum atomic E-state index is -0.297. The maximum Gasteiger partial charge on any atom is 0.265 e. The number of nitrogens with one attached hydrogen (secondary N) is 1. The maximum absolute atomic E-state index is 12.9. The van der Waals surface area contributed by atoms with Gasteiger partial charge in [0.05, 0.1) is 28.3 Å².